The summed E-state index contributed by atoms with van der Waals surface area (Å²) in [6.07, 6.45) is 7.23. The van der Waals surface area contributed by atoms with Crippen molar-refractivity contribution in [2.75, 3.05) is 9.80 Å². The van der Waals surface area contributed by atoms with E-state index in [9.17, 15) is 0 Å². The molecule has 2 aliphatic heterocycles. The molecule has 1 radical (unpaired) electrons. The number of fused-ring (bicyclic) bond motifs is 8. The second-order valence-corrected chi connectivity index (χ2v) is 27.7. The molecule has 5 aliphatic rings. The van der Waals surface area contributed by atoms with Gasteiger partial charge < -0.3 is 19.3 Å². The predicted molar refractivity (Wildman–Crippen MR) is 279 cm³/mol. The average Bonchev–Trinajstić information content (AvgIpc) is 3.62. The molecular weight excluding hydrogens is 796 g/mol. The summed E-state index contributed by atoms with van der Waals surface area (Å²) >= 11 is 2.17. The maximum atomic E-state index is 2.81. The van der Waals surface area contributed by atoms with Gasteiger partial charge in [0, 0.05) is 38.1 Å². The minimum atomic E-state index is 0.0481. The van der Waals surface area contributed by atoms with E-state index < -0.39 is 0 Å². The van der Waals surface area contributed by atoms with Crippen LogP contribution in [-0.2, 0) is 37.9 Å². The van der Waals surface area contributed by atoms with E-state index >= 15 is 0 Å². The molecule has 10 rings (SSSR count). The number of hydrogen-bond donors (Lipinski definition) is 0. The van der Waals surface area contributed by atoms with Gasteiger partial charge in [-0.05, 0) is 170 Å². The Morgan fingerprint density at radius 1 is 0.556 bits per heavy atom. The quantitative estimate of drug-likeness (QED) is 0.163. The number of thiophene rings is 1. The standard InChI is InChI=1S/C58H73BN2SSi/c1-34-28-44-48-45(29-34)61(42-21-18-35(52(2,3)4)30-46(42)63-17)49-47-50(58(15,16)27-26-57(47,13)14)62-51(49)59(48)41-32-39-40(56(11,12)25-24-55(39,9)10)33-43(41)60(44)36-19-20-37-38(31-36)54(7,8)23-22-53(37,5)6/h18-21,28-33H,22-27H2,1-17H3/q-1. The van der Waals surface area contributed by atoms with Crippen LogP contribution in [0.2, 0.25) is 6.55 Å². The van der Waals surface area contributed by atoms with Crippen molar-refractivity contribution in [1.29, 1.82) is 0 Å². The van der Waals surface area contributed by atoms with Crippen LogP contribution in [0.1, 0.15) is 186 Å². The Balaban J connectivity index is 1.36. The van der Waals surface area contributed by atoms with Gasteiger partial charge >= 0.3 is 0 Å². The largest absolute Gasteiger partial charge is 0.436 e. The van der Waals surface area contributed by atoms with Crippen LogP contribution in [0.3, 0.4) is 0 Å². The summed E-state index contributed by atoms with van der Waals surface area (Å²) in [5.74, 6) is 0. The molecule has 1 aromatic heterocycles. The van der Waals surface area contributed by atoms with Crippen LogP contribution in [-0.4, -0.2) is 16.2 Å². The summed E-state index contributed by atoms with van der Waals surface area (Å²) in [4.78, 5) is 7.15. The molecule has 5 aromatic rings. The lowest BCUT2D eigenvalue weighted by atomic mass is 9.35. The Hall–Kier alpha value is -3.54. The number of nitrogens with zero attached hydrogens (tertiary/aromatic N) is 2. The first-order valence-corrected chi connectivity index (χ1v) is 26.6. The molecule has 5 heteroatoms. The van der Waals surface area contributed by atoms with E-state index in [1.54, 1.807) is 20.8 Å². The van der Waals surface area contributed by atoms with Gasteiger partial charge in [-0.25, -0.2) is 11.7 Å². The Labute approximate surface area is 388 Å². The van der Waals surface area contributed by atoms with Crippen molar-refractivity contribution in [2.24, 2.45) is 0 Å². The third kappa shape index (κ3) is 6.34. The highest BCUT2D eigenvalue weighted by atomic mass is 32.1. The summed E-state index contributed by atoms with van der Waals surface area (Å²) in [5.41, 5.74) is 22.4. The summed E-state index contributed by atoms with van der Waals surface area (Å²) < 4.78 is 1.55. The van der Waals surface area contributed by atoms with Crippen LogP contribution >= 0.6 is 11.3 Å². The molecule has 3 heterocycles. The van der Waals surface area contributed by atoms with Gasteiger partial charge in [-0.1, -0.05) is 128 Å². The monoisotopic (exact) mass is 869 g/mol. The summed E-state index contributed by atoms with van der Waals surface area (Å²) in [6, 6.07) is 25.6. The fourth-order valence-electron chi connectivity index (χ4n) is 12.6. The van der Waals surface area contributed by atoms with Crippen molar-refractivity contribution in [1.82, 2.24) is 0 Å². The van der Waals surface area contributed by atoms with E-state index in [0.717, 1.165) is 0 Å². The molecule has 0 saturated heterocycles. The second-order valence-electron chi connectivity index (χ2n) is 25.6. The fraction of sp³-hybridized carbons (Fsp3) is 0.517. The number of aryl methyl sites for hydroxylation is 1. The van der Waals surface area contributed by atoms with Gasteiger partial charge in [0.05, 0.1) is 5.69 Å². The topological polar surface area (TPSA) is 6.48 Å². The number of rotatable bonds is 3. The molecule has 0 N–H and O–H groups in total. The van der Waals surface area contributed by atoms with E-state index in [-0.39, 0.29) is 44.6 Å². The Bertz CT molecular complexity index is 2750. The van der Waals surface area contributed by atoms with Crippen LogP contribution in [0.5, 0.6) is 0 Å². The highest BCUT2D eigenvalue weighted by molar-refractivity contribution is 7.29. The van der Waals surface area contributed by atoms with Crippen molar-refractivity contribution < 1.29 is 0 Å². The zero-order valence-corrected chi connectivity index (χ0v) is 43.7. The van der Waals surface area contributed by atoms with Crippen molar-refractivity contribution in [3.05, 3.63) is 104 Å². The molecule has 0 saturated carbocycles. The Kier molecular flexibility index (Phi) is 9.31. The fourth-order valence-corrected chi connectivity index (χ4v) is 15.1. The van der Waals surface area contributed by atoms with E-state index in [1.807, 2.05) is 0 Å². The van der Waals surface area contributed by atoms with Crippen LogP contribution in [0.15, 0.2) is 60.7 Å². The van der Waals surface area contributed by atoms with Gasteiger partial charge in [0.15, 0.2) is 0 Å². The van der Waals surface area contributed by atoms with Crippen LogP contribution in [0, 0.1) is 6.92 Å². The zero-order valence-electron chi connectivity index (χ0n) is 41.9. The van der Waals surface area contributed by atoms with Gasteiger partial charge in [0.1, 0.15) is 0 Å². The molecule has 329 valence electrons. The van der Waals surface area contributed by atoms with E-state index in [1.165, 1.54) is 117 Å². The molecule has 2 nitrogen and oxygen atoms in total. The number of hydrogen-bond acceptors (Lipinski definition) is 3. The highest BCUT2D eigenvalue weighted by Gasteiger charge is 2.52. The first-order chi connectivity index (χ1) is 29.2. The highest BCUT2D eigenvalue weighted by Crippen LogP contribution is 2.57. The van der Waals surface area contributed by atoms with E-state index in [4.69, 9.17) is 0 Å². The first kappa shape index (κ1) is 43.4. The smallest absolute Gasteiger partial charge is 0.264 e. The lowest BCUT2D eigenvalue weighted by molar-refractivity contribution is 0.332. The lowest BCUT2D eigenvalue weighted by Crippen LogP contribution is -2.61. The summed E-state index contributed by atoms with van der Waals surface area (Å²) in [5, 5.41) is 1.46. The van der Waals surface area contributed by atoms with Crippen LogP contribution in [0.4, 0.5) is 34.1 Å². The molecule has 3 aliphatic carbocycles. The third-order valence-electron chi connectivity index (χ3n) is 17.1. The third-order valence-corrected chi connectivity index (χ3v) is 19.7. The van der Waals surface area contributed by atoms with E-state index in [2.05, 4.69) is 199 Å². The molecule has 63 heavy (non-hydrogen) atoms. The zero-order chi connectivity index (χ0) is 45.4. The van der Waals surface area contributed by atoms with Gasteiger partial charge in [-0.3, -0.25) is 0 Å². The lowest BCUT2D eigenvalue weighted by Gasteiger charge is -2.48. The second kappa shape index (κ2) is 13.5. The van der Waals surface area contributed by atoms with Crippen LogP contribution in [0.25, 0.3) is 0 Å². The molecule has 0 unspecified atom stereocenters. The maximum Gasteiger partial charge on any atom is 0.264 e. The predicted octanol–water partition coefficient (Wildman–Crippen LogP) is 13.9. The van der Waals surface area contributed by atoms with Gasteiger partial charge in [0.25, 0.3) is 6.71 Å². The van der Waals surface area contributed by atoms with Crippen molar-refractivity contribution >= 4 is 82.6 Å². The minimum absolute atomic E-state index is 0.0481. The molecule has 0 atom stereocenters. The van der Waals surface area contributed by atoms with Crippen molar-refractivity contribution in [3.63, 3.8) is 0 Å². The van der Waals surface area contributed by atoms with Gasteiger partial charge in [-0.2, -0.15) is 11.3 Å². The molecule has 4 aromatic carbocycles. The Morgan fingerprint density at radius 3 is 1.70 bits per heavy atom. The maximum absolute atomic E-state index is 2.81. The summed E-state index contributed by atoms with van der Waals surface area (Å²) in [6.45, 7) is 42.1. The van der Waals surface area contributed by atoms with Crippen molar-refractivity contribution in [3.8, 4) is 0 Å². The SMILES string of the molecule is C[Si-]c1cc(C(C)(C)C)ccc1N1c2cc(C)cc3c2B(c2cc4c(cc2N3c2ccc3c(c2)C(C)(C)CCC3(C)C)C(C)(C)CCC4(C)C)c2sc3c(c21)C(C)(C)CCC3(C)C. The molecular formula is C58H73BN2SSi-. The van der Waals surface area contributed by atoms with Crippen molar-refractivity contribution in [2.45, 2.75) is 194 Å². The molecule has 0 bridgehead atoms. The Morgan fingerprint density at radius 2 is 1.10 bits per heavy atom. The molecule has 0 fully saturated rings. The van der Waals surface area contributed by atoms with E-state index in [0.29, 0.717) is 9.52 Å². The average molecular weight is 869 g/mol. The minimum Gasteiger partial charge on any atom is -0.436 e. The summed E-state index contributed by atoms with van der Waals surface area (Å²) in [7, 11) is 0.677. The van der Waals surface area contributed by atoms with Gasteiger partial charge in [-0.15, -0.1) is 0 Å². The molecule has 0 spiro atoms. The van der Waals surface area contributed by atoms with Gasteiger partial charge in [0.2, 0.25) is 0 Å². The first-order valence-electron chi connectivity index (χ1n) is 24.3. The number of anilines is 6. The number of benzene rings is 4. The van der Waals surface area contributed by atoms with Crippen LogP contribution < -0.4 is 30.7 Å². The molecule has 0 amide bonds. The normalized spacial score (nSPS) is 21.4.